The Morgan fingerprint density at radius 3 is 3.10 bits per heavy atom. The minimum absolute atomic E-state index is 0.0561. The Morgan fingerprint density at radius 2 is 2.14 bits per heavy atom. The summed E-state index contributed by atoms with van der Waals surface area (Å²) in [6.07, 6.45) is 2.68. The fourth-order valence-electron chi connectivity index (χ4n) is 3.28. The Morgan fingerprint density at radius 1 is 1.24 bits per heavy atom. The molecule has 4 nitrogen and oxygen atoms in total. The third-order valence-electron chi connectivity index (χ3n) is 4.41. The molecule has 1 amide bonds. The molecule has 3 heterocycles. The number of nitrogens with zero attached hydrogens (tertiary/aromatic N) is 2. The van der Waals surface area contributed by atoms with E-state index in [0.717, 1.165) is 29.9 Å². The maximum atomic E-state index is 12.8. The smallest absolute Gasteiger partial charge is 0.232 e. The molecule has 2 aliphatic heterocycles. The lowest BCUT2D eigenvalue weighted by atomic mass is 9.98. The van der Waals surface area contributed by atoms with Crippen LogP contribution in [0.15, 0.2) is 42.6 Å². The summed E-state index contributed by atoms with van der Waals surface area (Å²) in [5, 5.41) is 3.33. The zero-order valence-corrected chi connectivity index (χ0v) is 11.7. The molecule has 0 saturated carbocycles. The monoisotopic (exact) mass is 279 g/mol. The minimum Gasteiger partial charge on any atom is -0.384 e. The van der Waals surface area contributed by atoms with Gasteiger partial charge in [0.1, 0.15) is 0 Å². The van der Waals surface area contributed by atoms with Gasteiger partial charge in [0.25, 0.3) is 0 Å². The van der Waals surface area contributed by atoms with Crippen LogP contribution in [0.2, 0.25) is 0 Å². The molecule has 2 aliphatic rings. The molecule has 0 bridgehead atoms. The van der Waals surface area contributed by atoms with E-state index in [4.69, 9.17) is 0 Å². The quantitative estimate of drug-likeness (QED) is 0.870. The lowest BCUT2D eigenvalue weighted by Crippen LogP contribution is -2.39. The molecule has 106 valence electrons. The van der Waals surface area contributed by atoms with Gasteiger partial charge in [-0.1, -0.05) is 24.3 Å². The van der Waals surface area contributed by atoms with Crippen molar-refractivity contribution in [3.05, 3.63) is 59.4 Å². The highest BCUT2D eigenvalue weighted by Gasteiger charge is 2.32. The Balaban J connectivity index is 1.57. The Bertz CT molecular complexity index is 698. The van der Waals surface area contributed by atoms with Crippen molar-refractivity contribution in [3.8, 4) is 0 Å². The van der Waals surface area contributed by atoms with Gasteiger partial charge in [-0.15, -0.1) is 0 Å². The van der Waals surface area contributed by atoms with Crippen LogP contribution in [0.3, 0.4) is 0 Å². The predicted octanol–water partition coefficient (Wildman–Crippen LogP) is 2.18. The number of amides is 1. The third kappa shape index (κ3) is 2.07. The average Bonchev–Trinajstić information content (AvgIpc) is 2.98. The van der Waals surface area contributed by atoms with Gasteiger partial charge in [0.15, 0.2) is 0 Å². The van der Waals surface area contributed by atoms with E-state index in [1.807, 2.05) is 35.4 Å². The second-order valence-electron chi connectivity index (χ2n) is 5.64. The molecule has 4 heteroatoms. The number of benzene rings is 1. The van der Waals surface area contributed by atoms with Crippen molar-refractivity contribution in [1.29, 1.82) is 0 Å². The van der Waals surface area contributed by atoms with Gasteiger partial charge >= 0.3 is 0 Å². The fraction of sp³-hybridized carbons (Fsp3) is 0.294. The van der Waals surface area contributed by atoms with Crippen molar-refractivity contribution in [2.75, 3.05) is 18.4 Å². The van der Waals surface area contributed by atoms with Crippen molar-refractivity contribution in [2.24, 2.45) is 0 Å². The van der Waals surface area contributed by atoms with E-state index < -0.39 is 0 Å². The van der Waals surface area contributed by atoms with Gasteiger partial charge < -0.3 is 10.2 Å². The van der Waals surface area contributed by atoms with Crippen LogP contribution in [0.25, 0.3) is 0 Å². The first-order valence-corrected chi connectivity index (χ1v) is 7.37. The largest absolute Gasteiger partial charge is 0.384 e. The van der Waals surface area contributed by atoms with E-state index >= 15 is 0 Å². The first-order valence-electron chi connectivity index (χ1n) is 7.37. The number of hydrogen-bond acceptors (Lipinski definition) is 3. The summed E-state index contributed by atoms with van der Waals surface area (Å²) < 4.78 is 0. The van der Waals surface area contributed by atoms with Gasteiger partial charge in [-0.05, 0) is 23.3 Å². The maximum absolute atomic E-state index is 12.8. The Labute approximate surface area is 123 Å². The van der Waals surface area contributed by atoms with Crippen LogP contribution in [-0.4, -0.2) is 28.9 Å². The number of pyridine rings is 1. The molecule has 1 unspecified atom stereocenters. The molecule has 0 fully saturated rings. The molecule has 1 N–H and O–H groups in total. The predicted molar refractivity (Wildman–Crippen MR) is 81.0 cm³/mol. The van der Waals surface area contributed by atoms with Gasteiger partial charge in [0, 0.05) is 43.6 Å². The molecule has 21 heavy (non-hydrogen) atoms. The summed E-state index contributed by atoms with van der Waals surface area (Å²) in [5.74, 6) is 0.168. The third-order valence-corrected chi connectivity index (χ3v) is 4.41. The number of carbonyl (C=O) groups is 1. The normalized spacial score (nSPS) is 19.6. The highest BCUT2D eigenvalue weighted by atomic mass is 16.2. The van der Waals surface area contributed by atoms with Crippen molar-refractivity contribution in [1.82, 2.24) is 9.88 Å². The molecule has 0 aliphatic carbocycles. The van der Waals surface area contributed by atoms with Crippen LogP contribution in [0.5, 0.6) is 0 Å². The average molecular weight is 279 g/mol. The Kier molecular flexibility index (Phi) is 2.88. The second-order valence-corrected chi connectivity index (χ2v) is 5.64. The first-order chi connectivity index (χ1) is 10.3. The molecule has 4 rings (SSSR count). The highest BCUT2D eigenvalue weighted by molar-refractivity contribution is 5.88. The topological polar surface area (TPSA) is 45.2 Å². The summed E-state index contributed by atoms with van der Waals surface area (Å²) in [4.78, 5) is 19.2. The zero-order valence-electron chi connectivity index (χ0n) is 11.7. The van der Waals surface area contributed by atoms with Crippen LogP contribution in [0, 0.1) is 0 Å². The molecule has 0 radical (unpaired) electrons. The van der Waals surface area contributed by atoms with Gasteiger partial charge in [-0.2, -0.15) is 0 Å². The summed E-state index contributed by atoms with van der Waals surface area (Å²) in [6.45, 7) is 2.15. The lowest BCUT2D eigenvalue weighted by Gasteiger charge is -2.30. The minimum atomic E-state index is -0.0561. The lowest BCUT2D eigenvalue weighted by molar-refractivity contribution is -0.133. The SMILES string of the molecule is O=C(C1CNc2ccccc21)N1CCc2ncccc2C1. The molecule has 0 spiro atoms. The van der Waals surface area contributed by atoms with E-state index in [-0.39, 0.29) is 11.8 Å². The number of carbonyl (C=O) groups excluding carboxylic acids is 1. The maximum Gasteiger partial charge on any atom is 0.232 e. The summed E-state index contributed by atoms with van der Waals surface area (Å²) in [5.41, 5.74) is 4.53. The van der Waals surface area contributed by atoms with Crippen molar-refractivity contribution in [3.63, 3.8) is 0 Å². The molecule has 0 saturated heterocycles. The summed E-state index contributed by atoms with van der Waals surface area (Å²) >= 11 is 0. The van der Waals surface area contributed by atoms with Gasteiger partial charge in [-0.25, -0.2) is 0 Å². The highest BCUT2D eigenvalue weighted by Crippen LogP contribution is 2.33. The molecule has 1 aromatic heterocycles. The van der Waals surface area contributed by atoms with E-state index in [1.165, 1.54) is 5.56 Å². The molecular weight excluding hydrogens is 262 g/mol. The van der Waals surface area contributed by atoms with Crippen LogP contribution in [0.1, 0.15) is 22.7 Å². The number of rotatable bonds is 1. The van der Waals surface area contributed by atoms with Gasteiger partial charge in [0.05, 0.1) is 5.92 Å². The van der Waals surface area contributed by atoms with Gasteiger partial charge in [-0.3, -0.25) is 9.78 Å². The molecule has 1 atom stereocenters. The molecule has 2 aromatic rings. The first kappa shape index (κ1) is 12.4. The van der Waals surface area contributed by atoms with E-state index in [1.54, 1.807) is 0 Å². The van der Waals surface area contributed by atoms with Crippen LogP contribution in [0.4, 0.5) is 5.69 Å². The number of anilines is 1. The number of aromatic nitrogens is 1. The standard InChI is InChI=1S/C17H17N3O/c21-17(14-10-19-16-6-2-1-5-13(14)16)20-9-7-15-12(11-20)4-3-8-18-15/h1-6,8,14,19H,7,9-11H2. The number of hydrogen-bond donors (Lipinski definition) is 1. The fourth-order valence-corrected chi connectivity index (χ4v) is 3.28. The van der Waals surface area contributed by atoms with E-state index in [9.17, 15) is 4.79 Å². The van der Waals surface area contributed by atoms with E-state index in [2.05, 4.69) is 22.4 Å². The number of para-hydroxylation sites is 1. The zero-order chi connectivity index (χ0) is 14.2. The van der Waals surface area contributed by atoms with Crippen molar-refractivity contribution in [2.45, 2.75) is 18.9 Å². The molecular formula is C17H17N3O. The van der Waals surface area contributed by atoms with Gasteiger partial charge in [0.2, 0.25) is 5.91 Å². The van der Waals surface area contributed by atoms with E-state index in [0.29, 0.717) is 13.1 Å². The molecule has 1 aromatic carbocycles. The number of nitrogens with one attached hydrogen (secondary N) is 1. The number of fused-ring (bicyclic) bond motifs is 2. The van der Waals surface area contributed by atoms with Crippen molar-refractivity contribution < 1.29 is 4.79 Å². The van der Waals surface area contributed by atoms with Crippen LogP contribution < -0.4 is 5.32 Å². The van der Waals surface area contributed by atoms with Crippen LogP contribution in [-0.2, 0) is 17.8 Å². The van der Waals surface area contributed by atoms with Crippen LogP contribution >= 0.6 is 0 Å². The Hall–Kier alpha value is -2.36. The van der Waals surface area contributed by atoms with Crippen molar-refractivity contribution >= 4 is 11.6 Å². The second kappa shape index (κ2) is 4.88. The summed E-state index contributed by atoms with van der Waals surface area (Å²) in [6, 6.07) is 12.1. The summed E-state index contributed by atoms with van der Waals surface area (Å²) in [7, 11) is 0.